The summed E-state index contributed by atoms with van der Waals surface area (Å²) in [6.07, 6.45) is 3.45. The number of hydrogen-bond acceptors (Lipinski definition) is 3. The zero-order chi connectivity index (χ0) is 15.7. The van der Waals surface area contributed by atoms with Gasteiger partial charge in [-0.05, 0) is 47.9 Å². The lowest BCUT2D eigenvalue weighted by atomic mass is 9.82. The second-order valence-electron chi connectivity index (χ2n) is 6.99. The molecule has 1 aromatic carbocycles. The van der Waals surface area contributed by atoms with Crippen molar-refractivity contribution < 1.29 is 13.2 Å². The van der Waals surface area contributed by atoms with Crippen LogP contribution in [0.2, 0.25) is 0 Å². The van der Waals surface area contributed by atoms with Crippen molar-refractivity contribution in [3.05, 3.63) is 29.3 Å². The number of primary sulfonamides is 1. The van der Waals surface area contributed by atoms with Crippen LogP contribution in [-0.4, -0.2) is 20.8 Å². The molecule has 2 rings (SSSR count). The number of ether oxygens (including phenoxy) is 1. The molecule has 0 bridgehead atoms. The highest BCUT2D eigenvalue weighted by atomic mass is 32.2. The molecule has 0 saturated carbocycles. The number of rotatable bonds is 5. The Morgan fingerprint density at radius 3 is 2.52 bits per heavy atom. The van der Waals surface area contributed by atoms with Gasteiger partial charge in [-0.3, -0.25) is 0 Å². The molecule has 0 amide bonds. The van der Waals surface area contributed by atoms with Gasteiger partial charge in [0.1, 0.15) is 5.75 Å². The average molecular weight is 311 g/mol. The lowest BCUT2D eigenvalue weighted by Gasteiger charge is -2.29. The van der Waals surface area contributed by atoms with E-state index in [-0.39, 0.29) is 17.1 Å². The standard InChI is InChI=1S/C16H25NO3S/c1-16(2,3)14(11-21(17,18)19)10-20-15-8-7-12-5-4-6-13(12)9-15/h7-9,14H,4-6,10-11H2,1-3H3,(H2,17,18,19). The van der Waals surface area contributed by atoms with Crippen molar-refractivity contribution in [2.75, 3.05) is 12.4 Å². The van der Waals surface area contributed by atoms with Crippen LogP contribution in [0.5, 0.6) is 5.75 Å². The minimum absolute atomic E-state index is 0.0541. The molecule has 0 fully saturated rings. The Morgan fingerprint density at radius 1 is 1.24 bits per heavy atom. The smallest absolute Gasteiger partial charge is 0.209 e. The first-order chi connectivity index (χ1) is 9.65. The minimum atomic E-state index is -3.50. The average Bonchev–Trinajstić information content (AvgIpc) is 2.79. The molecule has 4 nitrogen and oxygen atoms in total. The van der Waals surface area contributed by atoms with Crippen molar-refractivity contribution in [2.24, 2.45) is 16.5 Å². The first kappa shape index (κ1) is 16.3. The van der Waals surface area contributed by atoms with Crippen LogP contribution < -0.4 is 9.88 Å². The van der Waals surface area contributed by atoms with E-state index in [1.54, 1.807) is 0 Å². The summed E-state index contributed by atoms with van der Waals surface area (Å²) in [6.45, 7) is 6.39. The van der Waals surface area contributed by atoms with Crippen molar-refractivity contribution >= 4 is 10.0 Å². The molecule has 1 aliphatic rings. The molecule has 1 unspecified atom stereocenters. The summed E-state index contributed by atoms with van der Waals surface area (Å²) in [7, 11) is -3.50. The number of sulfonamides is 1. The third-order valence-electron chi connectivity index (χ3n) is 4.18. The van der Waals surface area contributed by atoms with E-state index in [1.807, 2.05) is 26.8 Å². The van der Waals surface area contributed by atoms with Crippen LogP contribution in [0, 0.1) is 11.3 Å². The first-order valence-electron chi connectivity index (χ1n) is 7.40. The molecule has 0 heterocycles. The van der Waals surface area contributed by atoms with Crippen molar-refractivity contribution in [3.8, 4) is 5.75 Å². The van der Waals surface area contributed by atoms with Gasteiger partial charge >= 0.3 is 0 Å². The van der Waals surface area contributed by atoms with Gasteiger partial charge in [-0.25, -0.2) is 13.6 Å². The van der Waals surface area contributed by atoms with Gasteiger partial charge in [-0.1, -0.05) is 26.8 Å². The lowest BCUT2D eigenvalue weighted by molar-refractivity contribution is 0.163. The summed E-state index contributed by atoms with van der Waals surface area (Å²) >= 11 is 0. The number of nitrogens with two attached hydrogens (primary N) is 1. The quantitative estimate of drug-likeness (QED) is 0.908. The van der Waals surface area contributed by atoms with Crippen molar-refractivity contribution in [1.29, 1.82) is 0 Å². The van der Waals surface area contributed by atoms with E-state index in [0.29, 0.717) is 6.61 Å². The fraction of sp³-hybridized carbons (Fsp3) is 0.625. The maximum atomic E-state index is 11.4. The molecule has 1 aromatic rings. The zero-order valence-electron chi connectivity index (χ0n) is 13.1. The predicted molar refractivity (Wildman–Crippen MR) is 84.9 cm³/mol. The van der Waals surface area contributed by atoms with Crippen molar-refractivity contribution in [1.82, 2.24) is 0 Å². The van der Waals surface area contributed by atoms with E-state index in [2.05, 4.69) is 12.1 Å². The topological polar surface area (TPSA) is 69.4 Å². The molecule has 1 atom stereocenters. The Kier molecular flexibility index (Phi) is 4.63. The van der Waals surface area contributed by atoms with Crippen LogP contribution in [-0.2, 0) is 22.9 Å². The van der Waals surface area contributed by atoms with Gasteiger partial charge in [0.25, 0.3) is 0 Å². The Bertz CT molecular complexity index is 602. The van der Waals surface area contributed by atoms with Gasteiger partial charge in [0, 0.05) is 5.92 Å². The molecule has 1 aliphatic carbocycles. The second-order valence-corrected chi connectivity index (χ2v) is 8.65. The normalized spacial score (nSPS) is 16.6. The third-order valence-corrected chi connectivity index (χ3v) is 5.05. The van der Waals surface area contributed by atoms with Crippen LogP contribution in [0.3, 0.4) is 0 Å². The molecule has 0 spiro atoms. The van der Waals surface area contributed by atoms with Crippen molar-refractivity contribution in [3.63, 3.8) is 0 Å². The van der Waals surface area contributed by atoms with E-state index >= 15 is 0 Å². The molecule has 0 aromatic heterocycles. The molecule has 118 valence electrons. The third kappa shape index (κ3) is 4.71. The number of fused-ring (bicyclic) bond motifs is 1. The highest BCUT2D eigenvalue weighted by Crippen LogP contribution is 2.29. The Labute approximate surface area is 127 Å². The van der Waals surface area contributed by atoms with E-state index < -0.39 is 10.0 Å². The Morgan fingerprint density at radius 2 is 1.90 bits per heavy atom. The predicted octanol–water partition coefficient (Wildman–Crippen LogP) is 2.50. The van der Waals surface area contributed by atoms with Crippen LogP contribution in [0.1, 0.15) is 38.3 Å². The molecule has 0 aliphatic heterocycles. The summed E-state index contributed by atoms with van der Waals surface area (Å²) < 4.78 is 28.6. The second kappa shape index (κ2) is 5.97. The van der Waals surface area contributed by atoms with Crippen LogP contribution >= 0.6 is 0 Å². The van der Waals surface area contributed by atoms with Gasteiger partial charge in [0.15, 0.2) is 0 Å². The number of hydrogen-bond donors (Lipinski definition) is 1. The van der Waals surface area contributed by atoms with Crippen LogP contribution in [0.4, 0.5) is 0 Å². The minimum Gasteiger partial charge on any atom is -0.493 e. The maximum absolute atomic E-state index is 11.4. The van der Waals surface area contributed by atoms with Gasteiger partial charge < -0.3 is 4.74 Å². The summed E-state index contributed by atoms with van der Waals surface area (Å²) in [6, 6.07) is 6.17. The van der Waals surface area contributed by atoms with Crippen LogP contribution in [0.25, 0.3) is 0 Å². The summed E-state index contributed by atoms with van der Waals surface area (Å²) in [5.74, 6) is 0.626. The molecule has 2 N–H and O–H groups in total. The Hall–Kier alpha value is -1.07. The fourth-order valence-electron chi connectivity index (χ4n) is 2.66. The van der Waals surface area contributed by atoms with E-state index in [0.717, 1.165) is 18.6 Å². The highest BCUT2D eigenvalue weighted by Gasteiger charge is 2.29. The monoisotopic (exact) mass is 311 g/mol. The van der Waals surface area contributed by atoms with Gasteiger partial charge in [-0.15, -0.1) is 0 Å². The van der Waals surface area contributed by atoms with Crippen molar-refractivity contribution in [2.45, 2.75) is 40.0 Å². The number of aryl methyl sites for hydroxylation is 2. The highest BCUT2D eigenvalue weighted by molar-refractivity contribution is 7.89. The van der Waals surface area contributed by atoms with Crippen LogP contribution in [0.15, 0.2) is 18.2 Å². The number of benzene rings is 1. The molecule has 21 heavy (non-hydrogen) atoms. The zero-order valence-corrected chi connectivity index (χ0v) is 13.9. The maximum Gasteiger partial charge on any atom is 0.209 e. The first-order valence-corrected chi connectivity index (χ1v) is 9.12. The largest absolute Gasteiger partial charge is 0.493 e. The summed E-state index contributed by atoms with van der Waals surface area (Å²) in [5, 5.41) is 5.19. The fourth-order valence-corrected chi connectivity index (χ4v) is 3.82. The summed E-state index contributed by atoms with van der Waals surface area (Å²) in [4.78, 5) is 0. The molecule has 5 heteroatoms. The Balaban J connectivity index is 2.04. The van der Waals surface area contributed by atoms with Gasteiger partial charge in [-0.2, -0.15) is 0 Å². The van der Waals surface area contributed by atoms with E-state index in [9.17, 15) is 8.42 Å². The lowest BCUT2D eigenvalue weighted by Crippen LogP contribution is -2.35. The van der Waals surface area contributed by atoms with E-state index in [4.69, 9.17) is 9.88 Å². The van der Waals surface area contributed by atoms with E-state index in [1.165, 1.54) is 17.5 Å². The molecule has 0 saturated heterocycles. The molecular formula is C16H25NO3S. The van der Waals surface area contributed by atoms with Gasteiger partial charge in [0.2, 0.25) is 10.0 Å². The molecule has 0 radical (unpaired) electrons. The SMILES string of the molecule is CC(C)(C)C(COc1ccc2c(c1)CCC2)CS(N)(=O)=O. The van der Waals surface area contributed by atoms with Gasteiger partial charge in [0.05, 0.1) is 12.4 Å². The summed E-state index contributed by atoms with van der Waals surface area (Å²) in [5.41, 5.74) is 2.58. The molecular weight excluding hydrogens is 286 g/mol.